The number of halogens is 3. The van der Waals surface area contributed by atoms with Crippen LogP contribution in [0, 0.1) is 5.92 Å². The molecule has 0 saturated heterocycles. The minimum atomic E-state index is -4.42. The third-order valence-electron chi connectivity index (χ3n) is 4.34. The lowest BCUT2D eigenvalue weighted by Crippen LogP contribution is -2.46. The number of nitrogens with zero attached hydrogens (tertiary/aromatic N) is 1. The van der Waals surface area contributed by atoms with Crippen molar-refractivity contribution in [1.29, 1.82) is 0 Å². The van der Waals surface area contributed by atoms with Gasteiger partial charge in [-0.05, 0) is 30.2 Å². The Morgan fingerprint density at radius 2 is 2.07 bits per heavy atom. The molecule has 10 heteroatoms. The normalized spacial score (nSPS) is 18.6. The number of nitrogens with one attached hydrogen (secondary N) is 3. The van der Waals surface area contributed by atoms with Crippen LogP contribution in [0.3, 0.4) is 0 Å². The van der Waals surface area contributed by atoms with Crippen molar-refractivity contribution in [3.05, 3.63) is 47.8 Å². The molecule has 1 unspecified atom stereocenters. The molecule has 0 saturated carbocycles. The molecular formula is C20H25F3N4O3. The summed E-state index contributed by atoms with van der Waals surface area (Å²) in [4.78, 5) is 28.2. The van der Waals surface area contributed by atoms with Crippen molar-refractivity contribution >= 4 is 17.6 Å². The molecule has 0 fully saturated rings. The van der Waals surface area contributed by atoms with Gasteiger partial charge in [0, 0.05) is 30.4 Å². The van der Waals surface area contributed by atoms with Gasteiger partial charge in [0.15, 0.2) is 5.72 Å². The number of carbonyl (C=O) groups excluding carboxylic acids is 2. The molecule has 30 heavy (non-hydrogen) atoms. The van der Waals surface area contributed by atoms with Crippen LogP contribution in [0.15, 0.2) is 42.3 Å². The molecule has 2 heterocycles. The fourth-order valence-corrected chi connectivity index (χ4v) is 2.48. The molecule has 7 nitrogen and oxygen atoms in total. The lowest BCUT2D eigenvalue weighted by molar-refractivity contribution is -0.201. The molecule has 2 rings (SSSR count). The summed E-state index contributed by atoms with van der Waals surface area (Å²) in [5, 5.41) is 8.17. The number of alkyl halides is 3. The van der Waals surface area contributed by atoms with Gasteiger partial charge in [0.25, 0.3) is 5.91 Å². The SMILES string of the molecule is CCC1(OCC(F)(F)F)C=CC(CNC(=O)c2ccnc(NC(=O)C(C)C)c2)=CN1. The van der Waals surface area contributed by atoms with E-state index in [1.165, 1.54) is 30.6 Å². The van der Waals surface area contributed by atoms with E-state index in [9.17, 15) is 22.8 Å². The first-order valence-corrected chi connectivity index (χ1v) is 9.45. The van der Waals surface area contributed by atoms with Crippen LogP contribution in [0.25, 0.3) is 0 Å². The molecule has 0 aromatic carbocycles. The van der Waals surface area contributed by atoms with Crippen LogP contribution < -0.4 is 16.0 Å². The summed E-state index contributed by atoms with van der Waals surface area (Å²) >= 11 is 0. The second kappa shape index (κ2) is 9.75. The van der Waals surface area contributed by atoms with E-state index in [1.54, 1.807) is 26.8 Å². The van der Waals surface area contributed by atoms with E-state index in [0.717, 1.165) is 0 Å². The first kappa shape index (κ1) is 23.4. The van der Waals surface area contributed by atoms with E-state index < -0.39 is 18.5 Å². The fourth-order valence-electron chi connectivity index (χ4n) is 2.48. The van der Waals surface area contributed by atoms with Gasteiger partial charge < -0.3 is 20.7 Å². The molecule has 3 N–H and O–H groups in total. The number of dihydropyridines is 1. The van der Waals surface area contributed by atoms with Gasteiger partial charge in [-0.1, -0.05) is 26.8 Å². The summed E-state index contributed by atoms with van der Waals surface area (Å²) in [6.45, 7) is 3.97. The predicted molar refractivity (Wildman–Crippen MR) is 105 cm³/mol. The molecule has 164 valence electrons. The number of aromatic nitrogens is 1. The molecule has 1 aromatic rings. The van der Waals surface area contributed by atoms with Gasteiger partial charge in [0.2, 0.25) is 5.91 Å². The molecule has 1 aliphatic heterocycles. The van der Waals surface area contributed by atoms with E-state index in [-0.39, 0.29) is 36.5 Å². The molecular weight excluding hydrogens is 401 g/mol. The summed E-state index contributed by atoms with van der Waals surface area (Å²) < 4.78 is 42.3. The van der Waals surface area contributed by atoms with E-state index in [4.69, 9.17) is 4.74 Å². The molecule has 1 aromatic heterocycles. The van der Waals surface area contributed by atoms with Gasteiger partial charge in [-0.25, -0.2) is 4.98 Å². The largest absolute Gasteiger partial charge is 0.411 e. The number of anilines is 1. The van der Waals surface area contributed by atoms with E-state index in [0.29, 0.717) is 11.1 Å². The number of pyridine rings is 1. The molecule has 0 radical (unpaired) electrons. The summed E-state index contributed by atoms with van der Waals surface area (Å²) in [6.07, 6.45) is 1.91. The predicted octanol–water partition coefficient (Wildman–Crippen LogP) is 3.13. The van der Waals surface area contributed by atoms with Crippen molar-refractivity contribution < 1.29 is 27.5 Å². The van der Waals surface area contributed by atoms with Crippen LogP contribution in [0.2, 0.25) is 0 Å². The minimum Gasteiger partial charge on any atom is -0.360 e. The summed E-state index contributed by atoms with van der Waals surface area (Å²) in [5.74, 6) is -0.547. The quantitative estimate of drug-likeness (QED) is 0.594. The Hall–Kier alpha value is -2.88. The number of amides is 2. The molecule has 0 spiro atoms. The summed E-state index contributed by atoms with van der Waals surface area (Å²) in [7, 11) is 0. The highest BCUT2D eigenvalue weighted by atomic mass is 19.4. The lowest BCUT2D eigenvalue weighted by atomic mass is 10.0. The van der Waals surface area contributed by atoms with Crippen molar-refractivity contribution in [2.45, 2.75) is 39.1 Å². The third kappa shape index (κ3) is 6.87. The first-order valence-electron chi connectivity index (χ1n) is 9.45. The Morgan fingerprint density at radius 3 is 2.63 bits per heavy atom. The monoisotopic (exact) mass is 426 g/mol. The van der Waals surface area contributed by atoms with Gasteiger partial charge >= 0.3 is 6.18 Å². The van der Waals surface area contributed by atoms with Crippen LogP contribution in [-0.4, -0.2) is 41.9 Å². The van der Waals surface area contributed by atoms with Gasteiger partial charge in [-0.2, -0.15) is 13.2 Å². The number of ether oxygens (including phenoxy) is 1. The number of rotatable bonds is 8. The van der Waals surface area contributed by atoms with Crippen LogP contribution in [0.1, 0.15) is 37.6 Å². The second-order valence-electron chi connectivity index (χ2n) is 7.10. The summed E-state index contributed by atoms with van der Waals surface area (Å²) in [6, 6.07) is 2.98. The number of carbonyl (C=O) groups is 2. The molecule has 0 bridgehead atoms. The third-order valence-corrected chi connectivity index (χ3v) is 4.34. The zero-order valence-electron chi connectivity index (χ0n) is 17.0. The Labute approximate surface area is 172 Å². The highest BCUT2D eigenvalue weighted by Gasteiger charge is 2.35. The van der Waals surface area contributed by atoms with Crippen LogP contribution >= 0.6 is 0 Å². The van der Waals surface area contributed by atoms with Crippen molar-refractivity contribution in [3.63, 3.8) is 0 Å². The molecule has 1 aliphatic rings. The van der Waals surface area contributed by atoms with Crippen molar-refractivity contribution in [1.82, 2.24) is 15.6 Å². The maximum atomic E-state index is 12.4. The highest BCUT2D eigenvalue weighted by molar-refractivity contribution is 5.96. The average Bonchev–Trinajstić information content (AvgIpc) is 2.71. The molecule has 2 amide bonds. The topological polar surface area (TPSA) is 92.3 Å². The zero-order chi connectivity index (χ0) is 22.4. The average molecular weight is 426 g/mol. The van der Waals surface area contributed by atoms with Crippen molar-refractivity contribution in [2.75, 3.05) is 18.5 Å². The van der Waals surface area contributed by atoms with E-state index >= 15 is 0 Å². The second-order valence-corrected chi connectivity index (χ2v) is 7.10. The maximum Gasteiger partial charge on any atom is 0.411 e. The zero-order valence-corrected chi connectivity index (χ0v) is 17.0. The Kier molecular flexibility index (Phi) is 7.60. The molecule has 0 aliphatic carbocycles. The maximum absolute atomic E-state index is 12.4. The Morgan fingerprint density at radius 1 is 1.33 bits per heavy atom. The van der Waals surface area contributed by atoms with Crippen molar-refractivity contribution in [2.24, 2.45) is 5.92 Å². The van der Waals surface area contributed by atoms with Gasteiger partial charge in [-0.3, -0.25) is 9.59 Å². The van der Waals surface area contributed by atoms with Gasteiger partial charge in [0.05, 0.1) is 0 Å². The number of hydrogen-bond acceptors (Lipinski definition) is 5. The fraction of sp³-hybridized carbons (Fsp3) is 0.450. The first-order chi connectivity index (χ1) is 14.0. The number of hydrogen-bond donors (Lipinski definition) is 3. The minimum absolute atomic E-state index is 0.150. The van der Waals surface area contributed by atoms with Crippen LogP contribution in [0.4, 0.5) is 19.0 Å². The highest BCUT2D eigenvalue weighted by Crippen LogP contribution is 2.24. The van der Waals surface area contributed by atoms with E-state index in [2.05, 4.69) is 20.9 Å². The Bertz CT molecular complexity index is 837. The standard InChI is InChI=1S/C20H25F3N4O3/c1-4-19(30-12-20(21,22)23)7-5-14(11-26-19)10-25-18(29)15-6-8-24-16(9-15)27-17(28)13(2)3/h5-9,11,13,26H,4,10,12H2,1-3H3,(H,25,29)(H,24,27,28). The van der Waals surface area contributed by atoms with Gasteiger partial charge in [0.1, 0.15) is 12.4 Å². The van der Waals surface area contributed by atoms with Crippen LogP contribution in [-0.2, 0) is 9.53 Å². The Balaban J connectivity index is 1.92. The molecule has 1 atom stereocenters. The van der Waals surface area contributed by atoms with Crippen LogP contribution in [0.5, 0.6) is 0 Å². The van der Waals surface area contributed by atoms with E-state index in [1.807, 2.05) is 0 Å². The van der Waals surface area contributed by atoms with Crippen molar-refractivity contribution in [3.8, 4) is 0 Å². The van der Waals surface area contributed by atoms with Gasteiger partial charge in [-0.15, -0.1) is 0 Å². The summed E-state index contributed by atoms with van der Waals surface area (Å²) in [5.41, 5.74) is -0.267. The smallest absolute Gasteiger partial charge is 0.360 e. The lowest BCUT2D eigenvalue weighted by Gasteiger charge is -2.33.